The minimum Gasteiger partial charge on any atom is -0.350 e. The topological polar surface area (TPSA) is 71.2 Å². The Labute approximate surface area is 151 Å². The van der Waals surface area contributed by atoms with E-state index < -0.39 is 0 Å². The molecule has 0 aliphatic carbocycles. The molecule has 0 bridgehead atoms. The zero-order valence-electron chi connectivity index (χ0n) is 15.2. The van der Waals surface area contributed by atoms with Crippen LogP contribution in [0.3, 0.4) is 0 Å². The Morgan fingerprint density at radius 2 is 1.92 bits per heavy atom. The molecule has 136 valence electrons. The third-order valence-electron chi connectivity index (χ3n) is 4.87. The maximum Gasteiger partial charge on any atom is 0.293 e. The van der Waals surface area contributed by atoms with E-state index in [9.17, 15) is 4.79 Å². The number of hydrogen-bond donors (Lipinski definition) is 0. The smallest absolute Gasteiger partial charge is 0.293 e. The summed E-state index contributed by atoms with van der Waals surface area (Å²) in [4.78, 5) is 13.1. The lowest BCUT2D eigenvalue weighted by Gasteiger charge is -2.11. The van der Waals surface area contributed by atoms with Crippen molar-refractivity contribution < 1.29 is 9.47 Å². The standard InChI is InChI=1S/C19H22N4O3/c1-12-4-5-15(10-13(12)2)23-18-16(11-20-23)14(3)21-22(19(18)24)7-6-17-25-8-9-26-17/h4-5,10-11,17H,6-9H2,1-3H3. The molecular weight excluding hydrogens is 332 g/mol. The maximum atomic E-state index is 13.1. The van der Waals surface area contributed by atoms with E-state index in [2.05, 4.69) is 24.0 Å². The third-order valence-corrected chi connectivity index (χ3v) is 4.87. The molecule has 0 atom stereocenters. The molecule has 1 aliphatic heterocycles. The monoisotopic (exact) mass is 354 g/mol. The summed E-state index contributed by atoms with van der Waals surface area (Å²) in [6.45, 7) is 7.66. The van der Waals surface area contributed by atoms with Crippen LogP contribution >= 0.6 is 0 Å². The molecule has 0 N–H and O–H groups in total. The van der Waals surface area contributed by atoms with Gasteiger partial charge in [-0.15, -0.1) is 0 Å². The van der Waals surface area contributed by atoms with Gasteiger partial charge in [0.05, 0.1) is 30.8 Å². The maximum absolute atomic E-state index is 13.1. The van der Waals surface area contributed by atoms with Crippen LogP contribution in [0.2, 0.25) is 0 Å². The van der Waals surface area contributed by atoms with Gasteiger partial charge < -0.3 is 9.47 Å². The third kappa shape index (κ3) is 2.93. The van der Waals surface area contributed by atoms with E-state index in [1.807, 2.05) is 25.1 Å². The van der Waals surface area contributed by atoms with Gasteiger partial charge in [0, 0.05) is 18.4 Å². The second kappa shape index (κ2) is 6.66. The minimum absolute atomic E-state index is 0.153. The Bertz CT molecular complexity index is 1020. The average Bonchev–Trinajstić information content (AvgIpc) is 3.29. The lowest BCUT2D eigenvalue weighted by molar-refractivity contribution is -0.0497. The summed E-state index contributed by atoms with van der Waals surface area (Å²) in [5.41, 5.74) is 4.42. The van der Waals surface area contributed by atoms with Crippen molar-refractivity contribution in [2.45, 2.75) is 40.0 Å². The van der Waals surface area contributed by atoms with Gasteiger partial charge >= 0.3 is 0 Å². The molecule has 1 fully saturated rings. The summed E-state index contributed by atoms with van der Waals surface area (Å²) in [6.07, 6.45) is 2.04. The highest BCUT2D eigenvalue weighted by molar-refractivity contribution is 5.81. The first-order valence-electron chi connectivity index (χ1n) is 8.81. The first kappa shape index (κ1) is 16.9. The number of fused-ring (bicyclic) bond motifs is 1. The second-order valence-corrected chi connectivity index (χ2v) is 6.66. The van der Waals surface area contributed by atoms with E-state index in [1.54, 1.807) is 10.9 Å². The van der Waals surface area contributed by atoms with Gasteiger partial charge in [-0.1, -0.05) is 6.07 Å². The summed E-state index contributed by atoms with van der Waals surface area (Å²) in [5, 5.41) is 9.67. The lowest BCUT2D eigenvalue weighted by atomic mass is 10.1. The van der Waals surface area contributed by atoms with Crippen LogP contribution < -0.4 is 5.56 Å². The van der Waals surface area contributed by atoms with Crippen LogP contribution in [-0.4, -0.2) is 39.1 Å². The van der Waals surface area contributed by atoms with Gasteiger partial charge in [-0.2, -0.15) is 10.2 Å². The molecular formula is C19H22N4O3. The molecule has 4 rings (SSSR count). The van der Waals surface area contributed by atoms with Crippen LogP contribution in [-0.2, 0) is 16.0 Å². The predicted molar refractivity (Wildman–Crippen MR) is 97.6 cm³/mol. The molecule has 1 aromatic carbocycles. The van der Waals surface area contributed by atoms with Gasteiger partial charge in [0.25, 0.3) is 5.56 Å². The van der Waals surface area contributed by atoms with Crippen molar-refractivity contribution in [2.75, 3.05) is 13.2 Å². The van der Waals surface area contributed by atoms with E-state index in [1.165, 1.54) is 10.2 Å². The number of aryl methyl sites for hydroxylation is 4. The molecule has 7 nitrogen and oxygen atoms in total. The van der Waals surface area contributed by atoms with E-state index in [0.717, 1.165) is 22.3 Å². The number of ether oxygens (including phenoxy) is 2. The SMILES string of the molecule is Cc1ccc(-n2ncc3c(C)nn(CCC4OCCO4)c(=O)c32)cc1C. The van der Waals surface area contributed by atoms with Crippen molar-refractivity contribution in [3.05, 3.63) is 51.6 Å². The van der Waals surface area contributed by atoms with Gasteiger partial charge in [0.15, 0.2) is 6.29 Å². The molecule has 2 aromatic heterocycles. The number of benzene rings is 1. The van der Waals surface area contributed by atoms with E-state index >= 15 is 0 Å². The molecule has 7 heteroatoms. The Kier molecular flexibility index (Phi) is 4.34. The van der Waals surface area contributed by atoms with E-state index in [-0.39, 0.29) is 11.8 Å². The lowest BCUT2D eigenvalue weighted by Crippen LogP contribution is -2.27. The highest BCUT2D eigenvalue weighted by atomic mass is 16.7. The van der Waals surface area contributed by atoms with Gasteiger partial charge in [0.2, 0.25) is 0 Å². The zero-order chi connectivity index (χ0) is 18.3. The van der Waals surface area contributed by atoms with Crippen LogP contribution in [0.15, 0.2) is 29.2 Å². The molecule has 0 spiro atoms. The van der Waals surface area contributed by atoms with Gasteiger partial charge in [-0.05, 0) is 44.0 Å². The summed E-state index contributed by atoms with van der Waals surface area (Å²) in [5.74, 6) is 0. The van der Waals surface area contributed by atoms with E-state index in [0.29, 0.717) is 31.7 Å². The summed E-state index contributed by atoms with van der Waals surface area (Å²) >= 11 is 0. The first-order valence-corrected chi connectivity index (χ1v) is 8.81. The molecule has 3 heterocycles. The largest absolute Gasteiger partial charge is 0.350 e. The van der Waals surface area contributed by atoms with Crippen molar-refractivity contribution in [2.24, 2.45) is 0 Å². The molecule has 0 saturated carbocycles. The number of rotatable bonds is 4. The quantitative estimate of drug-likeness (QED) is 0.719. The van der Waals surface area contributed by atoms with Crippen LogP contribution in [0, 0.1) is 20.8 Å². The summed E-state index contributed by atoms with van der Waals surface area (Å²) < 4.78 is 14.1. The van der Waals surface area contributed by atoms with Crippen molar-refractivity contribution in [1.29, 1.82) is 0 Å². The van der Waals surface area contributed by atoms with Crippen LogP contribution in [0.25, 0.3) is 16.6 Å². The Hall–Kier alpha value is -2.51. The Balaban J connectivity index is 1.77. The number of nitrogens with zero attached hydrogens (tertiary/aromatic N) is 4. The molecule has 3 aromatic rings. The fourth-order valence-electron chi connectivity index (χ4n) is 3.23. The van der Waals surface area contributed by atoms with Crippen LogP contribution in [0.4, 0.5) is 0 Å². The summed E-state index contributed by atoms with van der Waals surface area (Å²) in [6, 6.07) is 6.07. The molecule has 1 saturated heterocycles. The predicted octanol–water partition coefficient (Wildman–Crippen LogP) is 2.27. The molecule has 0 unspecified atom stereocenters. The molecule has 0 radical (unpaired) electrons. The normalized spacial score (nSPS) is 15.2. The fourth-order valence-corrected chi connectivity index (χ4v) is 3.23. The van der Waals surface area contributed by atoms with E-state index in [4.69, 9.17) is 9.47 Å². The van der Waals surface area contributed by atoms with Gasteiger partial charge in [-0.3, -0.25) is 4.79 Å². The Morgan fingerprint density at radius 3 is 2.65 bits per heavy atom. The number of aromatic nitrogens is 4. The highest BCUT2D eigenvalue weighted by Gasteiger charge is 2.19. The second-order valence-electron chi connectivity index (χ2n) is 6.66. The first-order chi connectivity index (χ1) is 12.5. The summed E-state index contributed by atoms with van der Waals surface area (Å²) in [7, 11) is 0. The minimum atomic E-state index is -0.260. The van der Waals surface area contributed by atoms with Crippen molar-refractivity contribution in [3.8, 4) is 5.69 Å². The molecule has 26 heavy (non-hydrogen) atoms. The average molecular weight is 354 g/mol. The fraction of sp³-hybridized carbons (Fsp3) is 0.421. The van der Waals surface area contributed by atoms with Crippen molar-refractivity contribution in [3.63, 3.8) is 0 Å². The van der Waals surface area contributed by atoms with Gasteiger partial charge in [-0.25, -0.2) is 9.36 Å². The van der Waals surface area contributed by atoms with Gasteiger partial charge in [0.1, 0.15) is 5.52 Å². The Morgan fingerprint density at radius 1 is 1.15 bits per heavy atom. The van der Waals surface area contributed by atoms with Crippen molar-refractivity contribution in [1.82, 2.24) is 19.6 Å². The number of hydrogen-bond acceptors (Lipinski definition) is 5. The van der Waals surface area contributed by atoms with Crippen LogP contribution in [0.5, 0.6) is 0 Å². The highest BCUT2D eigenvalue weighted by Crippen LogP contribution is 2.19. The molecule has 0 amide bonds. The van der Waals surface area contributed by atoms with Crippen molar-refractivity contribution >= 4 is 10.9 Å². The zero-order valence-corrected chi connectivity index (χ0v) is 15.2. The molecule has 1 aliphatic rings. The van der Waals surface area contributed by atoms with Crippen LogP contribution in [0.1, 0.15) is 23.2 Å².